The third kappa shape index (κ3) is 2.59. The van der Waals surface area contributed by atoms with Crippen LogP contribution in [0.25, 0.3) is 0 Å². The fraction of sp³-hybridized carbons (Fsp3) is 0.611. The summed E-state index contributed by atoms with van der Waals surface area (Å²) in [6, 6.07) is 3.64. The Hall–Kier alpha value is -0.970. The molecule has 2 saturated heterocycles. The number of phenolic OH excluding ortho intramolecular Hbond substituents is 1. The fourth-order valence-electron chi connectivity index (χ4n) is 4.36. The molecule has 1 saturated carbocycles. The van der Waals surface area contributed by atoms with E-state index in [1.54, 1.807) is 6.07 Å². The van der Waals surface area contributed by atoms with E-state index in [0.29, 0.717) is 28.5 Å². The average Bonchev–Trinajstić information content (AvgIpc) is 3.33. The first kappa shape index (κ1) is 16.5. The van der Waals surface area contributed by atoms with Gasteiger partial charge in [0.15, 0.2) is 0 Å². The lowest BCUT2D eigenvalue weighted by Gasteiger charge is -2.45. The number of carbonyl (C=O) groups excluding carboxylic acids is 1. The number of amides is 1. The summed E-state index contributed by atoms with van der Waals surface area (Å²) in [6.07, 6.45) is 6.17. The summed E-state index contributed by atoms with van der Waals surface area (Å²) in [5.74, 6) is 0.333. The van der Waals surface area contributed by atoms with E-state index < -0.39 is 5.54 Å². The first-order valence-corrected chi connectivity index (χ1v) is 9.50. The van der Waals surface area contributed by atoms with Gasteiger partial charge in [-0.1, -0.05) is 23.2 Å². The van der Waals surface area contributed by atoms with Gasteiger partial charge in [0.1, 0.15) is 11.3 Å². The Labute approximate surface area is 152 Å². The summed E-state index contributed by atoms with van der Waals surface area (Å²) in [7, 11) is 0. The number of hydrogen-bond donors (Lipinski definition) is 1. The zero-order chi connectivity index (χ0) is 16.9. The number of phenols is 1. The number of halogens is 2. The van der Waals surface area contributed by atoms with Crippen molar-refractivity contribution in [2.45, 2.75) is 56.7 Å². The maximum absolute atomic E-state index is 13.2. The smallest absolute Gasteiger partial charge is 0.243 e. The quantitative estimate of drug-likeness (QED) is 0.881. The van der Waals surface area contributed by atoms with Crippen LogP contribution < -0.4 is 0 Å². The normalized spacial score (nSPS) is 28.1. The lowest BCUT2D eigenvalue weighted by Crippen LogP contribution is -2.60. The summed E-state index contributed by atoms with van der Waals surface area (Å²) in [4.78, 5) is 17.6. The molecule has 1 atom stereocenters. The first-order chi connectivity index (χ1) is 11.5. The van der Waals surface area contributed by atoms with Gasteiger partial charge in [0.2, 0.25) is 5.91 Å². The number of piperidine rings is 1. The van der Waals surface area contributed by atoms with Gasteiger partial charge in [-0.3, -0.25) is 9.69 Å². The molecule has 1 unspecified atom stereocenters. The summed E-state index contributed by atoms with van der Waals surface area (Å²) < 4.78 is 0. The van der Waals surface area contributed by atoms with E-state index in [9.17, 15) is 9.90 Å². The Morgan fingerprint density at radius 3 is 2.58 bits per heavy atom. The molecule has 24 heavy (non-hydrogen) atoms. The highest BCUT2D eigenvalue weighted by atomic mass is 35.5. The molecule has 130 valence electrons. The van der Waals surface area contributed by atoms with Gasteiger partial charge in [0.25, 0.3) is 0 Å². The monoisotopic (exact) mass is 368 g/mol. The Morgan fingerprint density at radius 1 is 1.17 bits per heavy atom. The third-order valence-electron chi connectivity index (χ3n) is 5.77. The molecule has 1 aromatic carbocycles. The van der Waals surface area contributed by atoms with E-state index in [4.69, 9.17) is 23.2 Å². The van der Waals surface area contributed by atoms with Crippen molar-refractivity contribution in [3.05, 3.63) is 27.7 Å². The zero-order valence-electron chi connectivity index (χ0n) is 13.6. The van der Waals surface area contributed by atoms with E-state index in [2.05, 4.69) is 9.80 Å². The Bertz CT molecular complexity index is 677. The Balaban J connectivity index is 1.63. The number of nitrogens with zero attached hydrogens (tertiary/aromatic N) is 2. The van der Waals surface area contributed by atoms with Gasteiger partial charge in [0.05, 0.1) is 5.02 Å². The van der Waals surface area contributed by atoms with Gasteiger partial charge in [-0.2, -0.15) is 0 Å². The minimum Gasteiger partial charge on any atom is -0.506 e. The molecule has 2 heterocycles. The van der Waals surface area contributed by atoms with Gasteiger partial charge in [-0.15, -0.1) is 0 Å². The number of carbonyl (C=O) groups is 1. The van der Waals surface area contributed by atoms with Gasteiger partial charge in [-0.05, 0) is 57.2 Å². The minimum atomic E-state index is -0.404. The molecule has 4 rings (SSSR count). The minimum absolute atomic E-state index is 0.0406. The van der Waals surface area contributed by atoms with Crippen LogP contribution in [-0.4, -0.2) is 45.5 Å². The molecule has 1 amide bonds. The van der Waals surface area contributed by atoms with Crippen molar-refractivity contribution in [2.24, 2.45) is 0 Å². The van der Waals surface area contributed by atoms with Crippen LogP contribution in [-0.2, 0) is 11.3 Å². The summed E-state index contributed by atoms with van der Waals surface area (Å²) in [5, 5.41) is 10.7. The predicted octanol–water partition coefficient (Wildman–Crippen LogP) is 3.82. The second-order valence-electron chi connectivity index (χ2n) is 7.25. The van der Waals surface area contributed by atoms with Gasteiger partial charge < -0.3 is 10.0 Å². The molecule has 4 nitrogen and oxygen atoms in total. The van der Waals surface area contributed by atoms with Crippen LogP contribution in [0.3, 0.4) is 0 Å². The van der Waals surface area contributed by atoms with Gasteiger partial charge >= 0.3 is 0 Å². The van der Waals surface area contributed by atoms with Crippen molar-refractivity contribution in [1.82, 2.24) is 9.80 Å². The van der Waals surface area contributed by atoms with E-state index in [-0.39, 0.29) is 5.75 Å². The van der Waals surface area contributed by atoms with Crippen LogP contribution in [0.4, 0.5) is 0 Å². The van der Waals surface area contributed by atoms with Crippen LogP contribution in [0.2, 0.25) is 10.0 Å². The Kier molecular flexibility index (Phi) is 4.18. The van der Waals surface area contributed by atoms with Crippen molar-refractivity contribution in [3.8, 4) is 5.75 Å². The number of aromatic hydroxyl groups is 1. The first-order valence-electron chi connectivity index (χ1n) is 8.75. The predicted molar refractivity (Wildman–Crippen MR) is 94.5 cm³/mol. The van der Waals surface area contributed by atoms with Gasteiger partial charge in [-0.25, -0.2) is 0 Å². The van der Waals surface area contributed by atoms with Crippen LogP contribution in [0.15, 0.2) is 12.1 Å². The lowest BCUT2D eigenvalue weighted by atomic mass is 9.85. The van der Waals surface area contributed by atoms with E-state index >= 15 is 0 Å². The molecule has 3 aliphatic rings. The van der Waals surface area contributed by atoms with Crippen molar-refractivity contribution in [2.75, 3.05) is 13.1 Å². The van der Waals surface area contributed by atoms with E-state index in [1.807, 2.05) is 0 Å². The molecule has 0 bridgehead atoms. The van der Waals surface area contributed by atoms with Crippen LogP contribution in [0.5, 0.6) is 5.75 Å². The Morgan fingerprint density at radius 2 is 1.88 bits per heavy atom. The summed E-state index contributed by atoms with van der Waals surface area (Å²) >= 11 is 12.6. The average molecular weight is 369 g/mol. The molecule has 0 aromatic heterocycles. The topological polar surface area (TPSA) is 43.8 Å². The highest BCUT2D eigenvalue weighted by Crippen LogP contribution is 2.44. The molecule has 1 aromatic rings. The number of rotatable bonds is 3. The maximum atomic E-state index is 13.2. The molecule has 1 spiro atoms. The number of benzene rings is 1. The van der Waals surface area contributed by atoms with Crippen LogP contribution in [0, 0.1) is 0 Å². The highest BCUT2D eigenvalue weighted by Gasteiger charge is 2.53. The summed E-state index contributed by atoms with van der Waals surface area (Å²) in [5.41, 5.74) is 0.315. The van der Waals surface area contributed by atoms with Crippen molar-refractivity contribution < 1.29 is 9.90 Å². The molecule has 1 aliphatic carbocycles. The molecule has 0 radical (unpaired) electrons. The molecule has 3 fully saturated rings. The second kappa shape index (κ2) is 6.08. The SMILES string of the molecule is O=C1N(C2CC2)CCCC12CCCN2Cc1c(Cl)ccc(O)c1Cl. The van der Waals surface area contributed by atoms with Crippen molar-refractivity contribution in [1.29, 1.82) is 0 Å². The third-order valence-corrected chi connectivity index (χ3v) is 6.55. The largest absolute Gasteiger partial charge is 0.506 e. The number of hydrogen-bond acceptors (Lipinski definition) is 3. The molecule has 6 heteroatoms. The van der Waals surface area contributed by atoms with E-state index in [1.165, 1.54) is 6.07 Å². The number of likely N-dealkylation sites (tertiary alicyclic amines) is 2. The maximum Gasteiger partial charge on any atom is 0.243 e. The highest BCUT2D eigenvalue weighted by molar-refractivity contribution is 6.36. The molecule has 2 aliphatic heterocycles. The van der Waals surface area contributed by atoms with Crippen molar-refractivity contribution in [3.63, 3.8) is 0 Å². The zero-order valence-corrected chi connectivity index (χ0v) is 15.1. The fourth-order valence-corrected chi connectivity index (χ4v) is 4.85. The molecule has 1 N–H and O–H groups in total. The van der Waals surface area contributed by atoms with Crippen molar-refractivity contribution >= 4 is 29.1 Å². The summed E-state index contributed by atoms with van der Waals surface area (Å²) in [6.45, 7) is 2.27. The molecular weight excluding hydrogens is 347 g/mol. The standard InChI is InChI=1S/C18H22Cl2N2O2/c19-14-5-6-15(23)16(20)13(14)11-21-9-1-7-18(21)8-2-10-22(17(18)24)12-3-4-12/h5-6,12,23H,1-4,7-11H2. The second-order valence-corrected chi connectivity index (χ2v) is 8.03. The van der Waals surface area contributed by atoms with Crippen LogP contribution >= 0.6 is 23.2 Å². The lowest BCUT2D eigenvalue weighted by molar-refractivity contribution is -0.148. The van der Waals surface area contributed by atoms with Crippen LogP contribution in [0.1, 0.15) is 44.1 Å². The molecular formula is C18H22Cl2N2O2. The van der Waals surface area contributed by atoms with Gasteiger partial charge in [0, 0.05) is 29.7 Å². The van der Waals surface area contributed by atoms with E-state index in [0.717, 1.165) is 57.2 Å².